The van der Waals surface area contributed by atoms with Gasteiger partial charge >= 0.3 is 5.97 Å². The van der Waals surface area contributed by atoms with E-state index in [4.69, 9.17) is 9.47 Å². The molecule has 2 aromatic rings. The predicted octanol–water partition coefficient (Wildman–Crippen LogP) is 2.92. The molecule has 0 atom stereocenters. The average molecular weight is 401 g/mol. The fourth-order valence-corrected chi connectivity index (χ4v) is 2.66. The van der Waals surface area contributed by atoms with E-state index in [0.717, 1.165) is 0 Å². The highest BCUT2D eigenvalue weighted by atomic mass is 16.5. The number of benzene rings is 1. The van der Waals surface area contributed by atoms with Crippen molar-refractivity contribution in [3.8, 4) is 5.75 Å². The largest absolute Gasteiger partial charge is 0.484 e. The lowest BCUT2D eigenvalue weighted by Crippen LogP contribution is -2.27. The fourth-order valence-electron chi connectivity index (χ4n) is 2.66. The van der Waals surface area contributed by atoms with E-state index in [0.29, 0.717) is 34.0 Å². The van der Waals surface area contributed by atoms with Crippen molar-refractivity contribution < 1.29 is 23.9 Å². The molecule has 0 saturated carbocycles. The van der Waals surface area contributed by atoms with E-state index in [9.17, 15) is 14.4 Å². The maximum atomic E-state index is 12.6. The van der Waals surface area contributed by atoms with Gasteiger partial charge in [-0.2, -0.15) is 0 Å². The highest BCUT2D eigenvalue weighted by Crippen LogP contribution is 2.22. The van der Waals surface area contributed by atoms with Crippen LogP contribution >= 0.6 is 0 Å². The van der Waals surface area contributed by atoms with E-state index < -0.39 is 5.97 Å². The third kappa shape index (κ3) is 5.60. The summed E-state index contributed by atoms with van der Waals surface area (Å²) < 4.78 is 10.7. The SMILES string of the molecule is Cc1[nH]c(C(=O)Nc2ccc(OCC(=O)N(C)C)cc2)c(C)c1C(=O)OC(C)C. The fraction of sp³-hybridized carbons (Fsp3) is 0.381. The number of carbonyl (C=O) groups excluding carboxylic acids is 3. The number of nitrogens with one attached hydrogen (secondary N) is 2. The zero-order valence-corrected chi connectivity index (χ0v) is 17.6. The van der Waals surface area contributed by atoms with Crippen molar-refractivity contribution >= 4 is 23.5 Å². The summed E-state index contributed by atoms with van der Waals surface area (Å²) in [6, 6.07) is 6.67. The van der Waals surface area contributed by atoms with Crippen molar-refractivity contribution in [3.63, 3.8) is 0 Å². The number of anilines is 1. The Balaban J connectivity index is 2.07. The van der Waals surface area contributed by atoms with Gasteiger partial charge in [0.15, 0.2) is 6.61 Å². The number of ether oxygens (including phenoxy) is 2. The van der Waals surface area contributed by atoms with Gasteiger partial charge in [0.2, 0.25) is 0 Å². The molecule has 0 saturated heterocycles. The van der Waals surface area contributed by atoms with Crippen molar-refractivity contribution in [3.05, 3.63) is 46.8 Å². The zero-order chi connectivity index (χ0) is 21.7. The molecule has 2 N–H and O–H groups in total. The van der Waals surface area contributed by atoms with Gasteiger partial charge < -0.3 is 24.7 Å². The molecule has 0 aliphatic rings. The van der Waals surface area contributed by atoms with Crippen LogP contribution in [-0.4, -0.2) is 54.5 Å². The van der Waals surface area contributed by atoms with Gasteiger partial charge in [-0.25, -0.2) is 4.79 Å². The number of rotatable bonds is 7. The summed E-state index contributed by atoms with van der Waals surface area (Å²) >= 11 is 0. The van der Waals surface area contributed by atoms with Crippen molar-refractivity contribution in [2.45, 2.75) is 33.8 Å². The summed E-state index contributed by atoms with van der Waals surface area (Å²) in [6.07, 6.45) is -0.248. The minimum atomic E-state index is -0.459. The van der Waals surface area contributed by atoms with E-state index in [-0.39, 0.29) is 24.5 Å². The minimum Gasteiger partial charge on any atom is -0.484 e. The molecule has 0 fully saturated rings. The van der Waals surface area contributed by atoms with E-state index in [1.807, 2.05) is 0 Å². The molecule has 2 rings (SSSR count). The minimum absolute atomic E-state index is 0.0606. The number of H-pyrrole nitrogens is 1. The quantitative estimate of drug-likeness (QED) is 0.695. The Bertz CT molecular complexity index is 898. The van der Waals surface area contributed by atoms with Crippen LogP contribution in [0, 0.1) is 13.8 Å². The Hall–Kier alpha value is -3.29. The molecule has 8 heteroatoms. The second kappa shape index (κ2) is 9.27. The average Bonchev–Trinajstić information content (AvgIpc) is 2.94. The van der Waals surface area contributed by atoms with E-state index in [1.165, 1.54) is 4.90 Å². The molecule has 0 bridgehead atoms. The second-order valence-electron chi connectivity index (χ2n) is 7.13. The summed E-state index contributed by atoms with van der Waals surface area (Å²) in [5.74, 6) is -0.458. The van der Waals surface area contributed by atoms with Crippen LogP contribution in [0.3, 0.4) is 0 Å². The second-order valence-corrected chi connectivity index (χ2v) is 7.13. The zero-order valence-electron chi connectivity index (χ0n) is 17.6. The van der Waals surface area contributed by atoms with Crippen molar-refractivity contribution in [1.29, 1.82) is 0 Å². The molecule has 0 radical (unpaired) electrons. The number of likely N-dealkylation sites (N-methyl/N-ethyl adjacent to an activating group) is 1. The Labute approximate surface area is 170 Å². The van der Waals surface area contributed by atoms with Gasteiger partial charge in [0, 0.05) is 25.5 Å². The molecule has 0 unspecified atom stereocenters. The molecule has 0 spiro atoms. The van der Waals surface area contributed by atoms with Gasteiger partial charge in [-0.15, -0.1) is 0 Å². The van der Waals surface area contributed by atoms with Gasteiger partial charge in [-0.1, -0.05) is 0 Å². The third-order valence-electron chi connectivity index (χ3n) is 4.18. The molecule has 8 nitrogen and oxygen atoms in total. The van der Waals surface area contributed by atoms with E-state index in [1.54, 1.807) is 66.1 Å². The topological polar surface area (TPSA) is 101 Å². The Morgan fingerprint density at radius 1 is 1.10 bits per heavy atom. The lowest BCUT2D eigenvalue weighted by Gasteiger charge is -2.12. The highest BCUT2D eigenvalue weighted by molar-refractivity contribution is 6.06. The maximum absolute atomic E-state index is 12.6. The molecular formula is C21H27N3O5. The first kappa shape index (κ1) is 22.0. The molecule has 2 amide bonds. The highest BCUT2D eigenvalue weighted by Gasteiger charge is 2.23. The summed E-state index contributed by atoms with van der Waals surface area (Å²) in [4.78, 5) is 40.9. The van der Waals surface area contributed by atoms with Crippen LogP contribution in [-0.2, 0) is 9.53 Å². The molecule has 156 valence electrons. The van der Waals surface area contributed by atoms with Gasteiger partial charge in [-0.3, -0.25) is 9.59 Å². The number of aromatic amines is 1. The third-order valence-corrected chi connectivity index (χ3v) is 4.18. The van der Waals surface area contributed by atoms with Gasteiger partial charge in [0.05, 0.1) is 11.7 Å². The van der Waals surface area contributed by atoms with Crippen LogP contribution in [0.15, 0.2) is 24.3 Å². The first-order valence-corrected chi connectivity index (χ1v) is 9.24. The first-order chi connectivity index (χ1) is 13.6. The Kier molecular flexibility index (Phi) is 7.03. The molecule has 29 heavy (non-hydrogen) atoms. The summed E-state index contributed by atoms with van der Waals surface area (Å²) in [5, 5.41) is 2.78. The normalized spacial score (nSPS) is 10.6. The smallest absolute Gasteiger partial charge is 0.340 e. The van der Waals surface area contributed by atoms with Gasteiger partial charge in [-0.05, 0) is 57.5 Å². The number of esters is 1. The maximum Gasteiger partial charge on any atom is 0.340 e. The molecule has 0 aliphatic carbocycles. The number of carbonyl (C=O) groups is 3. The van der Waals surface area contributed by atoms with Crippen LogP contribution < -0.4 is 10.1 Å². The number of aromatic nitrogens is 1. The Morgan fingerprint density at radius 3 is 2.28 bits per heavy atom. The van der Waals surface area contributed by atoms with Crippen molar-refractivity contribution in [1.82, 2.24) is 9.88 Å². The molecule has 0 aliphatic heterocycles. The van der Waals surface area contributed by atoms with Crippen molar-refractivity contribution in [2.75, 3.05) is 26.0 Å². The summed E-state index contributed by atoms with van der Waals surface area (Å²) in [6.45, 7) is 6.91. The van der Waals surface area contributed by atoms with Crippen molar-refractivity contribution in [2.24, 2.45) is 0 Å². The van der Waals surface area contributed by atoms with Gasteiger partial charge in [0.1, 0.15) is 11.4 Å². The van der Waals surface area contributed by atoms with Crippen LogP contribution in [0.4, 0.5) is 5.69 Å². The number of aryl methyl sites for hydroxylation is 1. The standard InChI is InChI=1S/C21H27N3O5/c1-12(2)29-21(27)18-13(3)19(22-14(18)4)20(26)23-15-7-9-16(10-8-15)28-11-17(25)24(5)6/h7-10,12,22H,11H2,1-6H3,(H,23,26). The van der Waals surface area contributed by atoms with Crippen LogP contribution in [0.2, 0.25) is 0 Å². The number of amides is 2. The predicted molar refractivity (Wildman–Crippen MR) is 109 cm³/mol. The van der Waals surface area contributed by atoms with E-state index >= 15 is 0 Å². The molecule has 1 heterocycles. The lowest BCUT2D eigenvalue weighted by molar-refractivity contribution is -0.130. The van der Waals surface area contributed by atoms with Crippen LogP contribution in [0.5, 0.6) is 5.75 Å². The molecule has 1 aromatic carbocycles. The van der Waals surface area contributed by atoms with Gasteiger partial charge in [0.25, 0.3) is 11.8 Å². The Morgan fingerprint density at radius 2 is 1.72 bits per heavy atom. The number of nitrogens with zero attached hydrogens (tertiary/aromatic N) is 1. The molecule has 1 aromatic heterocycles. The van der Waals surface area contributed by atoms with E-state index in [2.05, 4.69) is 10.3 Å². The van der Waals surface area contributed by atoms with Crippen LogP contribution in [0.1, 0.15) is 46.0 Å². The monoisotopic (exact) mass is 401 g/mol. The number of hydrogen-bond donors (Lipinski definition) is 2. The summed E-state index contributed by atoms with van der Waals surface area (Å²) in [7, 11) is 3.31. The first-order valence-electron chi connectivity index (χ1n) is 9.24. The number of hydrogen-bond acceptors (Lipinski definition) is 5. The lowest BCUT2D eigenvalue weighted by atomic mass is 10.1. The van der Waals surface area contributed by atoms with Crippen LogP contribution in [0.25, 0.3) is 0 Å². The molecular weight excluding hydrogens is 374 g/mol. The summed E-state index contributed by atoms with van der Waals surface area (Å²) in [5.41, 5.74) is 2.34.